The molecular formula is C22H22N2O5. The maximum Gasteiger partial charge on any atom is 0.408 e. The Kier molecular flexibility index (Phi) is 4.74. The lowest BCUT2D eigenvalue weighted by atomic mass is 9.98. The fraction of sp³-hybridized carbons (Fsp3) is 0.318. The van der Waals surface area contributed by atoms with Crippen LogP contribution in [0.1, 0.15) is 30.4 Å². The number of amides is 2. The summed E-state index contributed by atoms with van der Waals surface area (Å²) >= 11 is 0. The number of carbonyl (C=O) groups is 3. The summed E-state index contributed by atoms with van der Waals surface area (Å²) in [6.45, 7) is 1.66. The zero-order chi connectivity index (χ0) is 20.6. The van der Waals surface area contributed by atoms with Crippen molar-refractivity contribution in [2.24, 2.45) is 0 Å². The first-order valence-electron chi connectivity index (χ1n) is 9.53. The van der Waals surface area contributed by atoms with E-state index in [0.29, 0.717) is 6.42 Å². The molecule has 1 unspecified atom stereocenters. The Balaban J connectivity index is 1.43. The second kappa shape index (κ2) is 7.24. The molecule has 1 aliphatic carbocycles. The molecule has 2 aromatic rings. The molecule has 0 spiro atoms. The average molecular weight is 394 g/mol. The van der Waals surface area contributed by atoms with Crippen molar-refractivity contribution in [1.82, 2.24) is 10.2 Å². The van der Waals surface area contributed by atoms with Gasteiger partial charge in [-0.05, 0) is 35.6 Å². The van der Waals surface area contributed by atoms with Gasteiger partial charge in [0.15, 0.2) is 0 Å². The number of nitrogens with zero attached hydrogens (tertiary/aromatic N) is 1. The third-order valence-corrected chi connectivity index (χ3v) is 5.69. The van der Waals surface area contributed by atoms with Crippen molar-refractivity contribution in [3.8, 4) is 11.1 Å². The van der Waals surface area contributed by atoms with Crippen LogP contribution in [0.15, 0.2) is 48.5 Å². The molecule has 0 aromatic heterocycles. The highest BCUT2D eigenvalue weighted by atomic mass is 16.5. The molecule has 7 nitrogen and oxygen atoms in total. The van der Waals surface area contributed by atoms with Crippen molar-refractivity contribution in [3.63, 3.8) is 0 Å². The number of aliphatic carboxylic acids is 1. The van der Waals surface area contributed by atoms with Gasteiger partial charge in [0, 0.05) is 12.5 Å². The summed E-state index contributed by atoms with van der Waals surface area (Å²) in [5, 5.41) is 11.5. The van der Waals surface area contributed by atoms with Gasteiger partial charge in [0.2, 0.25) is 5.91 Å². The van der Waals surface area contributed by atoms with Crippen LogP contribution in [0.4, 0.5) is 4.79 Å². The second-order valence-corrected chi connectivity index (χ2v) is 7.65. The SMILES string of the molecule is CC1(NC(=O)OCC2c3ccccc3-c3ccccc32)CCN(CC(=O)O)C1=O. The molecule has 1 fully saturated rings. The van der Waals surface area contributed by atoms with E-state index in [0.717, 1.165) is 22.3 Å². The van der Waals surface area contributed by atoms with Crippen LogP contribution < -0.4 is 5.32 Å². The predicted molar refractivity (Wildman–Crippen MR) is 105 cm³/mol. The van der Waals surface area contributed by atoms with Crippen molar-refractivity contribution in [2.45, 2.75) is 24.8 Å². The molecule has 1 atom stereocenters. The Labute approximate surface area is 168 Å². The summed E-state index contributed by atoms with van der Waals surface area (Å²) in [7, 11) is 0. The number of rotatable bonds is 5. The summed E-state index contributed by atoms with van der Waals surface area (Å²) < 4.78 is 5.49. The van der Waals surface area contributed by atoms with E-state index in [9.17, 15) is 14.4 Å². The summed E-state index contributed by atoms with van der Waals surface area (Å²) in [5.74, 6) is -1.55. The third-order valence-electron chi connectivity index (χ3n) is 5.69. The molecule has 2 amide bonds. The zero-order valence-electron chi connectivity index (χ0n) is 16.1. The van der Waals surface area contributed by atoms with Crippen LogP contribution in [0.5, 0.6) is 0 Å². The minimum Gasteiger partial charge on any atom is -0.480 e. The number of hydrogen-bond acceptors (Lipinski definition) is 4. The number of carboxylic acids is 1. The van der Waals surface area contributed by atoms with Gasteiger partial charge in [0.25, 0.3) is 0 Å². The van der Waals surface area contributed by atoms with E-state index < -0.39 is 23.5 Å². The number of carbonyl (C=O) groups excluding carboxylic acids is 2. The van der Waals surface area contributed by atoms with E-state index in [-0.39, 0.29) is 25.6 Å². The van der Waals surface area contributed by atoms with E-state index in [1.165, 1.54) is 4.90 Å². The molecule has 1 aliphatic heterocycles. The summed E-state index contributed by atoms with van der Waals surface area (Å²) in [6, 6.07) is 16.1. The monoisotopic (exact) mass is 394 g/mol. The first-order valence-corrected chi connectivity index (χ1v) is 9.53. The van der Waals surface area contributed by atoms with Gasteiger partial charge in [-0.3, -0.25) is 9.59 Å². The highest BCUT2D eigenvalue weighted by molar-refractivity contribution is 5.93. The van der Waals surface area contributed by atoms with Crippen LogP contribution in [0, 0.1) is 0 Å². The van der Waals surface area contributed by atoms with E-state index in [1.54, 1.807) is 6.92 Å². The second-order valence-electron chi connectivity index (χ2n) is 7.65. The maximum atomic E-state index is 12.5. The number of likely N-dealkylation sites (tertiary alicyclic amines) is 1. The molecule has 150 valence electrons. The van der Waals surface area contributed by atoms with Crippen LogP contribution in [-0.2, 0) is 14.3 Å². The molecule has 29 heavy (non-hydrogen) atoms. The van der Waals surface area contributed by atoms with Crippen molar-refractivity contribution in [3.05, 3.63) is 59.7 Å². The molecule has 0 radical (unpaired) electrons. The predicted octanol–water partition coefficient (Wildman–Crippen LogP) is 2.60. The smallest absolute Gasteiger partial charge is 0.408 e. The van der Waals surface area contributed by atoms with E-state index in [2.05, 4.69) is 17.4 Å². The number of carboxylic acid groups (broad SMARTS) is 1. The van der Waals surface area contributed by atoms with Crippen LogP contribution in [0.3, 0.4) is 0 Å². The van der Waals surface area contributed by atoms with Crippen molar-refractivity contribution < 1.29 is 24.2 Å². The Morgan fingerprint density at radius 3 is 2.31 bits per heavy atom. The molecule has 7 heteroatoms. The molecular weight excluding hydrogens is 372 g/mol. The largest absolute Gasteiger partial charge is 0.480 e. The van der Waals surface area contributed by atoms with Crippen LogP contribution >= 0.6 is 0 Å². The van der Waals surface area contributed by atoms with Gasteiger partial charge in [-0.2, -0.15) is 0 Å². The molecule has 2 N–H and O–H groups in total. The Morgan fingerprint density at radius 1 is 1.14 bits per heavy atom. The number of hydrogen-bond donors (Lipinski definition) is 2. The van der Waals surface area contributed by atoms with Gasteiger partial charge in [0.05, 0.1) is 0 Å². The van der Waals surface area contributed by atoms with Gasteiger partial charge in [0.1, 0.15) is 18.7 Å². The van der Waals surface area contributed by atoms with Gasteiger partial charge in [-0.15, -0.1) is 0 Å². The summed E-state index contributed by atoms with van der Waals surface area (Å²) in [6.07, 6.45) is -0.344. The molecule has 4 rings (SSSR count). The Morgan fingerprint density at radius 2 is 1.72 bits per heavy atom. The standard InChI is InChI=1S/C22H22N2O5/c1-22(10-11-24(20(22)27)12-19(25)26)23-21(28)29-13-18-16-8-4-2-6-14(16)15-7-3-5-9-17(15)18/h2-9,18H,10-13H2,1H3,(H,23,28)(H,25,26). The first-order chi connectivity index (χ1) is 13.9. The quantitative estimate of drug-likeness (QED) is 0.813. The van der Waals surface area contributed by atoms with Crippen LogP contribution in [0.25, 0.3) is 11.1 Å². The summed E-state index contributed by atoms with van der Waals surface area (Å²) in [5.41, 5.74) is 3.34. The third kappa shape index (κ3) is 3.44. The van der Waals surface area contributed by atoms with Gasteiger partial charge in [-0.25, -0.2) is 4.79 Å². The molecule has 1 saturated heterocycles. The Hall–Kier alpha value is -3.35. The van der Waals surface area contributed by atoms with Gasteiger partial charge in [-0.1, -0.05) is 48.5 Å². The molecule has 2 aliphatic rings. The van der Waals surface area contributed by atoms with E-state index in [1.807, 2.05) is 36.4 Å². The van der Waals surface area contributed by atoms with Crippen molar-refractivity contribution in [2.75, 3.05) is 19.7 Å². The fourth-order valence-electron chi connectivity index (χ4n) is 4.21. The molecule has 2 aromatic carbocycles. The van der Waals surface area contributed by atoms with E-state index >= 15 is 0 Å². The average Bonchev–Trinajstić information content (AvgIpc) is 3.16. The zero-order valence-corrected chi connectivity index (χ0v) is 16.1. The van der Waals surface area contributed by atoms with Gasteiger partial charge >= 0.3 is 12.1 Å². The molecule has 1 heterocycles. The van der Waals surface area contributed by atoms with Crippen molar-refractivity contribution >= 4 is 18.0 Å². The Bertz CT molecular complexity index is 943. The van der Waals surface area contributed by atoms with Crippen LogP contribution in [0.2, 0.25) is 0 Å². The number of ether oxygens (including phenoxy) is 1. The minimum atomic E-state index is -1.15. The highest BCUT2D eigenvalue weighted by Crippen LogP contribution is 2.44. The number of nitrogens with one attached hydrogen (secondary N) is 1. The van der Waals surface area contributed by atoms with Crippen molar-refractivity contribution in [1.29, 1.82) is 0 Å². The van der Waals surface area contributed by atoms with E-state index in [4.69, 9.17) is 9.84 Å². The highest BCUT2D eigenvalue weighted by Gasteiger charge is 2.45. The minimum absolute atomic E-state index is 0.0660. The first kappa shape index (κ1) is 19.0. The number of alkyl carbamates (subject to hydrolysis) is 1. The number of fused-ring (bicyclic) bond motifs is 3. The summed E-state index contributed by atoms with van der Waals surface area (Å²) in [4.78, 5) is 37.0. The van der Waals surface area contributed by atoms with Gasteiger partial charge < -0.3 is 20.1 Å². The molecule has 0 bridgehead atoms. The fourth-order valence-corrected chi connectivity index (χ4v) is 4.21. The van der Waals surface area contributed by atoms with Crippen LogP contribution in [-0.4, -0.2) is 53.2 Å². The number of benzene rings is 2. The molecule has 0 saturated carbocycles. The normalized spacial score (nSPS) is 20.3. The topological polar surface area (TPSA) is 95.9 Å². The lowest BCUT2D eigenvalue weighted by Crippen LogP contribution is -2.52. The lowest BCUT2D eigenvalue weighted by Gasteiger charge is -2.24. The maximum absolute atomic E-state index is 12.5. The lowest BCUT2D eigenvalue weighted by molar-refractivity contribution is -0.144.